The molecule has 2 N–H and O–H groups in total. The quantitative estimate of drug-likeness (QED) is 0.284. The van der Waals surface area contributed by atoms with Gasteiger partial charge in [0.1, 0.15) is 0 Å². The average molecular weight is 310 g/mol. The van der Waals surface area contributed by atoms with Gasteiger partial charge in [-0.15, -0.1) is 0 Å². The van der Waals surface area contributed by atoms with E-state index < -0.39 is 0 Å². The third kappa shape index (κ3) is 1.60. The van der Waals surface area contributed by atoms with Gasteiger partial charge >= 0.3 is 0 Å². The number of rotatable bonds is 0. The van der Waals surface area contributed by atoms with Gasteiger partial charge in [0.05, 0.1) is 0 Å². The second-order valence-corrected chi connectivity index (χ2v) is 6.11. The van der Waals surface area contributed by atoms with Gasteiger partial charge in [-0.25, -0.2) is 0 Å². The molecule has 0 saturated carbocycles. The molecule has 2 nitrogen and oxygen atoms in total. The Balaban J connectivity index is 2.19. The fourth-order valence-corrected chi connectivity index (χ4v) is 3.78. The molecular weight excluding hydrogens is 296 g/mol. The van der Waals surface area contributed by atoms with Crippen LogP contribution in [0.2, 0.25) is 0 Å². The van der Waals surface area contributed by atoms with Crippen molar-refractivity contribution in [3.8, 4) is 11.5 Å². The SMILES string of the molecule is Oc1ccc2c(ccc3c4ccccc4c4ccccc4c23)c1O. The van der Waals surface area contributed by atoms with Gasteiger partial charge in [0.25, 0.3) is 0 Å². The van der Waals surface area contributed by atoms with Gasteiger partial charge in [0.2, 0.25) is 0 Å². The molecule has 0 amide bonds. The number of hydrogen-bond acceptors (Lipinski definition) is 2. The maximum Gasteiger partial charge on any atom is 0.165 e. The van der Waals surface area contributed by atoms with Crippen LogP contribution < -0.4 is 0 Å². The molecule has 0 aliphatic carbocycles. The molecule has 0 radical (unpaired) electrons. The summed E-state index contributed by atoms with van der Waals surface area (Å²) in [6.07, 6.45) is 0. The highest BCUT2D eigenvalue weighted by Gasteiger charge is 2.13. The summed E-state index contributed by atoms with van der Waals surface area (Å²) < 4.78 is 0. The van der Waals surface area contributed by atoms with Crippen LogP contribution in [0.3, 0.4) is 0 Å². The number of benzene rings is 5. The van der Waals surface area contributed by atoms with Gasteiger partial charge in [0, 0.05) is 5.39 Å². The lowest BCUT2D eigenvalue weighted by atomic mass is 9.91. The number of aromatic hydroxyl groups is 2. The molecule has 24 heavy (non-hydrogen) atoms. The molecule has 0 bridgehead atoms. The zero-order chi connectivity index (χ0) is 16.3. The maximum absolute atomic E-state index is 10.3. The molecule has 0 spiro atoms. The maximum atomic E-state index is 10.3. The first-order chi connectivity index (χ1) is 11.8. The summed E-state index contributed by atoms with van der Waals surface area (Å²) in [5, 5.41) is 28.7. The molecule has 5 rings (SSSR count). The first-order valence-corrected chi connectivity index (χ1v) is 7.92. The summed E-state index contributed by atoms with van der Waals surface area (Å²) >= 11 is 0. The fourth-order valence-electron chi connectivity index (χ4n) is 3.78. The Bertz CT molecular complexity index is 1230. The van der Waals surface area contributed by atoms with Gasteiger partial charge in [-0.05, 0) is 55.9 Å². The smallest absolute Gasteiger partial charge is 0.165 e. The Hall–Kier alpha value is -3.26. The van der Waals surface area contributed by atoms with Gasteiger partial charge in [-0.3, -0.25) is 0 Å². The molecule has 0 aliphatic heterocycles. The van der Waals surface area contributed by atoms with E-state index in [2.05, 4.69) is 42.5 Å². The van der Waals surface area contributed by atoms with E-state index in [9.17, 15) is 10.2 Å². The van der Waals surface area contributed by atoms with E-state index in [-0.39, 0.29) is 11.5 Å². The standard InChI is InChI=1S/C22H14O2/c23-20-12-11-18-19(22(20)24)10-9-17-15-7-2-1-5-13(15)14-6-3-4-8-16(14)21(17)18/h1-12,23-24H. The minimum Gasteiger partial charge on any atom is -0.504 e. The molecule has 0 aliphatic rings. The van der Waals surface area contributed by atoms with Crippen LogP contribution in [0.1, 0.15) is 0 Å². The number of phenols is 2. The monoisotopic (exact) mass is 310 g/mol. The van der Waals surface area contributed by atoms with E-state index in [1.54, 1.807) is 6.07 Å². The van der Waals surface area contributed by atoms with Gasteiger partial charge < -0.3 is 10.2 Å². The van der Waals surface area contributed by atoms with E-state index in [4.69, 9.17) is 0 Å². The van der Waals surface area contributed by atoms with E-state index in [1.165, 1.54) is 16.2 Å². The molecule has 0 aromatic heterocycles. The molecule has 5 aromatic carbocycles. The topological polar surface area (TPSA) is 40.5 Å². The summed E-state index contributed by atoms with van der Waals surface area (Å²) in [6, 6.07) is 24.1. The minimum atomic E-state index is -0.0908. The molecule has 5 aromatic rings. The largest absolute Gasteiger partial charge is 0.504 e. The highest BCUT2D eigenvalue weighted by Crippen LogP contribution is 2.42. The lowest BCUT2D eigenvalue weighted by Crippen LogP contribution is -1.85. The lowest BCUT2D eigenvalue weighted by Gasteiger charge is -2.13. The van der Waals surface area contributed by atoms with Crippen LogP contribution in [0.15, 0.2) is 72.8 Å². The predicted octanol–water partition coefficient (Wildman–Crippen LogP) is 5.71. The lowest BCUT2D eigenvalue weighted by molar-refractivity contribution is 0.408. The van der Waals surface area contributed by atoms with Gasteiger partial charge in [-0.2, -0.15) is 0 Å². The summed E-state index contributed by atoms with van der Waals surface area (Å²) in [4.78, 5) is 0. The van der Waals surface area contributed by atoms with Crippen LogP contribution in [-0.2, 0) is 0 Å². The van der Waals surface area contributed by atoms with Crippen molar-refractivity contribution in [2.75, 3.05) is 0 Å². The molecule has 0 unspecified atom stereocenters. The summed E-state index contributed by atoms with van der Waals surface area (Å²) in [6.45, 7) is 0. The van der Waals surface area contributed by atoms with Crippen LogP contribution >= 0.6 is 0 Å². The summed E-state index contributed by atoms with van der Waals surface area (Å²) in [5.74, 6) is -0.154. The van der Waals surface area contributed by atoms with E-state index >= 15 is 0 Å². The Morgan fingerprint density at radius 3 is 1.50 bits per heavy atom. The third-order valence-electron chi connectivity index (χ3n) is 4.85. The second kappa shape index (κ2) is 4.62. The van der Waals surface area contributed by atoms with Crippen LogP contribution in [0.5, 0.6) is 11.5 Å². The molecule has 0 heterocycles. The Kier molecular flexibility index (Phi) is 2.54. The highest BCUT2D eigenvalue weighted by molar-refractivity contribution is 6.31. The van der Waals surface area contributed by atoms with Crippen molar-refractivity contribution in [2.45, 2.75) is 0 Å². The summed E-state index contributed by atoms with van der Waals surface area (Å²) in [7, 11) is 0. The number of phenolic OH excluding ortho intramolecular Hbond substituents is 2. The average Bonchev–Trinajstić information content (AvgIpc) is 2.64. The molecule has 0 atom stereocenters. The molecular formula is C22H14O2. The van der Waals surface area contributed by atoms with Crippen LogP contribution in [-0.4, -0.2) is 10.2 Å². The predicted molar refractivity (Wildman–Crippen MR) is 99.8 cm³/mol. The van der Waals surface area contributed by atoms with Crippen LogP contribution in [0, 0.1) is 0 Å². The fraction of sp³-hybridized carbons (Fsp3) is 0. The number of hydrogen-bond donors (Lipinski definition) is 2. The van der Waals surface area contributed by atoms with Gasteiger partial charge in [0.15, 0.2) is 11.5 Å². The minimum absolute atomic E-state index is 0.0633. The first-order valence-electron chi connectivity index (χ1n) is 7.92. The number of fused-ring (bicyclic) bond motifs is 8. The van der Waals surface area contributed by atoms with Crippen molar-refractivity contribution >= 4 is 43.1 Å². The molecule has 0 fully saturated rings. The van der Waals surface area contributed by atoms with Gasteiger partial charge in [-0.1, -0.05) is 54.6 Å². The molecule has 2 heteroatoms. The third-order valence-corrected chi connectivity index (χ3v) is 4.85. The van der Waals surface area contributed by atoms with E-state index in [0.717, 1.165) is 21.5 Å². The highest BCUT2D eigenvalue weighted by atomic mass is 16.3. The molecule has 0 saturated heterocycles. The molecule has 114 valence electrons. The summed E-state index contributed by atoms with van der Waals surface area (Å²) in [5.41, 5.74) is 0. The van der Waals surface area contributed by atoms with Crippen LogP contribution in [0.25, 0.3) is 43.1 Å². The van der Waals surface area contributed by atoms with E-state index in [1.807, 2.05) is 24.3 Å². The van der Waals surface area contributed by atoms with Crippen molar-refractivity contribution in [2.24, 2.45) is 0 Å². The van der Waals surface area contributed by atoms with Crippen molar-refractivity contribution in [3.63, 3.8) is 0 Å². The Morgan fingerprint density at radius 2 is 0.833 bits per heavy atom. The first kappa shape index (κ1) is 13.2. The van der Waals surface area contributed by atoms with Crippen molar-refractivity contribution < 1.29 is 10.2 Å². The zero-order valence-corrected chi connectivity index (χ0v) is 12.8. The normalized spacial score (nSPS) is 11.7. The Morgan fingerprint density at radius 1 is 0.417 bits per heavy atom. The van der Waals surface area contributed by atoms with Crippen molar-refractivity contribution in [1.82, 2.24) is 0 Å². The van der Waals surface area contributed by atoms with Crippen molar-refractivity contribution in [3.05, 3.63) is 72.8 Å². The Labute approximate surface area is 138 Å². The van der Waals surface area contributed by atoms with Crippen molar-refractivity contribution in [1.29, 1.82) is 0 Å². The van der Waals surface area contributed by atoms with E-state index in [0.29, 0.717) is 5.39 Å². The zero-order valence-electron chi connectivity index (χ0n) is 12.8. The van der Waals surface area contributed by atoms with Crippen LogP contribution in [0.4, 0.5) is 0 Å². The second-order valence-electron chi connectivity index (χ2n) is 6.11.